The molecule has 6 heteroatoms. The Labute approximate surface area is 121 Å². The fourth-order valence-corrected chi connectivity index (χ4v) is 1.65. The van der Waals surface area contributed by atoms with E-state index in [9.17, 15) is 9.90 Å². The number of rotatable bonds is 10. The van der Waals surface area contributed by atoms with E-state index >= 15 is 0 Å². The molecule has 0 bridgehead atoms. The van der Waals surface area contributed by atoms with Gasteiger partial charge in [0.05, 0.1) is 18.3 Å². The van der Waals surface area contributed by atoms with Crippen LogP contribution in [0.1, 0.15) is 27.7 Å². The van der Waals surface area contributed by atoms with Crippen LogP contribution >= 0.6 is 0 Å². The number of hydrogen-bond donors (Lipinski definition) is 2. The number of amides is 1. The van der Waals surface area contributed by atoms with Crippen LogP contribution in [-0.4, -0.2) is 54.6 Å². The van der Waals surface area contributed by atoms with E-state index in [1.807, 2.05) is 20.8 Å². The molecule has 0 aliphatic rings. The highest BCUT2D eigenvalue weighted by Gasteiger charge is 2.23. The molecule has 0 saturated carbocycles. The maximum atomic E-state index is 12.1. The van der Waals surface area contributed by atoms with Crippen LogP contribution in [0.4, 0.5) is 0 Å². The molecule has 0 heterocycles. The number of aliphatic hydroxyl groups excluding tert-OH is 1. The lowest BCUT2D eigenvalue weighted by Gasteiger charge is -2.30. The lowest BCUT2D eigenvalue weighted by Crippen LogP contribution is -2.44. The van der Waals surface area contributed by atoms with Crippen LogP contribution < -0.4 is 5.73 Å². The highest BCUT2D eigenvalue weighted by molar-refractivity contribution is 5.91. The maximum Gasteiger partial charge on any atom is 0.269 e. The van der Waals surface area contributed by atoms with Gasteiger partial charge in [0.1, 0.15) is 0 Å². The number of ether oxygens (including phenoxy) is 2. The molecule has 3 N–H and O–H groups in total. The van der Waals surface area contributed by atoms with Crippen molar-refractivity contribution in [2.24, 2.45) is 11.7 Å². The highest BCUT2D eigenvalue weighted by atomic mass is 16.7. The van der Waals surface area contributed by atoms with Crippen LogP contribution in [0.3, 0.4) is 0 Å². The summed E-state index contributed by atoms with van der Waals surface area (Å²) in [5.74, 6) is -0.441. The predicted octanol–water partition coefficient (Wildman–Crippen LogP) is 0.703. The molecular weight excluding hydrogens is 260 g/mol. The quantitative estimate of drug-likeness (QED) is 0.457. The number of carbonyl (C=O) groups excluding carboxylic acids is 1. The zero-order valence-electron chi connectivity index (χ0n) is 13.0. The van der Waals surface area contributed by atoms with Gasteiger partial charge in [0.2, 0.25) is 0 Å². The molecule has 2 unspecified atom stereocenters. The first-order chi connectivity index (χ1) is 9.33. The van der Waals surface area contributed by atoms with E-state index < -0.39 is 12.4 Å². The second-order valence-corrected chi connectivity index (χ2v) is 4.79. The number of hydrogen-bond acceptors (Lipinski definition) is 5. The van der Waals surface area contributed by atoms with E-state index in [0.717, 1.165) is 0 Å². The Balaban J connectivity index is 4.82. The van der Waals surface area contributed by atoms with Gasteiger partial charge >= 0.3 is 0 Å². The molecule has 0 fully saturated rings. The fraction of sp³-hybridized carbons (Fsp3) is 0.786. The van der Waals surface area contributed by atoms with Crippen molar-refractivity contribution in [3.8, 4) is 0 Å². The average Bonchev–Trinajstić information content (AvgIpc) is 2.37. The third-order valence-corrected chi connectivity index (χ3v) is 2.97. The highest BCUT2D eigenvalue weighted by Crippen LogP contribution is 2.10. The number of carbonyl (C=O) groups is 1. The van der Waals surface area contributed by atoms with Crippen molar-refractivity contribution < 1.29 is 19.4 Å². The SMILES string of the molecule is C=C(N)C(=O)N(CC(OCC)OCC)CC(C)C(C)O. The normalized spacial score (nSPS) is 14.1. The van der Waals surface area contributed by atoms with Crippen molar-refractivity contribution in [1.29, 1.82) is 0 Å². The van der Waals surface area contributed by atoms with Crippen molar-refractivity contribution in [2.45, 2.75) is 40.1 Å². The van der Waals surface area contributed by atoms with Gasteiger partial charge in [-0.15, -0.1) is 0 Å². The molecule has 0 aliphatic carbocycles. The summed E-state index contributed by atoms with van der Waals surface area (Å²) in [4.78, 5) is 13.6. The Kier molecular flexibility index (Phi) is 9.20. The topological polar surface area (TPSA) is 85.0 Å². The zero-order valence-corrected chi connectivity index (χ0v) is 13.0. The second kappa shape index (κ2) is 9.74. The van der Waals surface area contributed by atoms with Crippen LogP contribution in [0, 0.1) is 5.92 Å². The molecule has 0 rings (SSSR count). The lowest BCUT2D eigenvalue weighted by atomic mass is 10.1. The summed E-state index contributed by atoms with van der Waals surface area (Å²) >= 11 is 0. The van der Waals surface area contributed by atoms with Gasteiger partial charge in [-0.3, -0.25) is 4.79 Å². The van der Waals surface area contributed by atoms with Gasteiger partial charge in [0, 0.05) is 19.8 Å². The number of nitrogens with zero attached hydrogens (tertiary/aromatic N) is 1. The summed E-state index contributed by atoms with van der Waals surface area (Å²) in [6.07, 6.45) is -1.02. The van der Waals surface area contributed by atoms with E-state index in [-0.39, 0.29) is 24.1 Å². The van der Waals surface area contributed by atoms with E-state index in [1.54, 1.807) is 6.92 Å². The summed E-state index contributed by atoms with van der Waals surface area (Å²) in [6.45, 7) is 12.3. The first kappa shape index (κ1) is 18.9. The van der Waals surface area contributed by atoms with Gasteiger partial charge in [0.25, 0.3) is 5.91 Å². The van der Waals surface area contributed by atoms with Crippen LogP contribution in [-0.2, 0) is 14.3 Å². The number of aliphatic hydroxyl groups is 1. The molecule has 118 valence electrons. The van der Waals surface area contributed by atoms with Gasteiger partial charge in [-0.05, 0) is 26.7 Å². The predicted molar refractivity (Wildman–Crippen MR) is 77.8 cm³/mol. The molecule has 0 saturated heterocycles. The molecule has 0 aliphatic heterocycles. The Hall–Kier alpha value is -1.11. The van der Waals surface area contributed by atoms with E-state index in [4.69, 9.17) is 15.2 Å². The molecule has 6 nitrogen and oxygen atoms in total. The van der Waals surface area contributed by atoms with Crippen LogP contribution in [0.15, 0.2) is 12.3 Å². The Bertz CT molecular complexity index is 302. The molecule has 2 atom stereocenters. The zero-order chi connectivity index (χ0) is 15.7. The van der Waals surface area contributed by atoms with Crippen LogP contribution in [0.5, 0.6) is 0 Å². The molecule has 0 radical (unpaired) electrons. The van der Waals surface area contributed by atoms with Crippen LogP contribution in [0.2, 0.25) is 0 Å². The van der Waals surface area contributed by atoms with Gasteiger partial charge in [-0.1, -0.05) is 13.5 Å². The summed E-state index contributed by atoms with van der Waals surface area (Å²) in [6, 6.07) is 0. The minimum atomic E-state index is -0.519. The van der Waals surface area contributed by atoms with Crippen molar-refractivity contribution in [3.05, 3.63) is 12.3 Å². The lowest BCUT2D eigenvalue weighted by molar-refractivity contribution is -0.158. The van der Waals surface area contributed by atoms with Gasteiger partial charge in [-0.25, -0.2) is 0 Å². The maximum absolute atomic E-state index is 12.1. The molecule has 0 aromatic rings. The van der Waals surface area contributed by atoms with Crippen molar-refractivity contribution in [1.82, 2.24) is 4.90 Å². The first-order valence-corrected chi connectivity index (χ1v) is 6.98. The largest absolute Gasteiger partial charge is 0.395 e. The molecule has 0 aromatic heterocycles. The summed E-state index contributed by atoms with van der Waals surface area (Å²) in [5.41, 5.74) is 5.45. The van der Waals surface area contributed by atoms with Gasteiger partial charge < -0.3 is 25.2 Å². The third kappa shape index (κ3) is 6.88. The summed E-state index contributed by atoms with van der Waals surface area (Å²) in [5, 5.41) is 9.58. The molecular formula is C14H28N2O4. The van der Waals surface area contributed by atoms with Crippen molar-refractivity contribution >= 4 is 5.91 Å². The Morgan fingerprint density at radius 1 is 1.25 bits per heavy atom. The number of nitrogens with two attached hydrogens (primary N) is 1. The first-order valence-electron chi connectivity index (χ1n) is 6.98. The summed E-state index contributed by atoms with van der Waals surface area (Å²) in [7, 11) is 0. The Morgan fingerprint density at radius 3 is 2.10 bits per heavy atom. The minimum Gasteiger partial charge on any atom is -0.395 e. The molecule has 20 heavy (non-hydrogen) atoms. The Morgan fingerprint density at radius 2 is 1.75 bits per heavy atom. The smallest absolute Gasteiger partial charge is 0.269 e. The van der Waals surface area contributed by atoms with E-state index in [1.165, 1.54) is 4.90 Å². The summed E-state index contributed by atoms with van der Waals surface area (Å²) < 4.78 is 10.9. The minimum absolute atomic E-state index is 0.0328. The third-order valence-electron chi connectivity index (χ3n) is 2.97. The average molecular weight is 288 g/mol. The molecule has 0 aromatic carbocycles. The van der Waals surface area contributed by atoms with Crippen molar-refractivity contribution in [2.75, 3.05) is 26.3 Å². The van der Waals surface area contributed by atoms with E-state index in [2.05, 4.69) is 6.58 Å². The molecule has 1 amide bonds. The van der Waals surface area contributed by atoms with Gasteiger partial charge in [0.15, 0.2) is 6.29 Å². The second-order valence-electron chi connectivity index (χ2n) is 4.79. The van der Waals surface area contributed by atoms with E-state index in [0.29, 0.717) is 19.8 Å². The molecule has 0 spiro atoms. The monoisotopic (exact) mass is 288 g/mol. The standard InChI is InChI=1S/C14H28N2O4/c1-6-19-13(20-7-2)9-16(14(18)11(4)15)8-10(3)12(5)17/h10,12-13,17H,4,6-9,15H2,1-3,5H3. The van der Waals surface area contributed by atoms with Gasteiger partial charge in [-0.2, -0.15) is 0 Å². The van der Waals surface area contributed by atoms with Crippen molar-refractivity contribution in [3.63, 3.8) is 0 Å². The fourth-order valence-electron chi connectivity index (χ4n) is 1.65. The van der Waals surface area contributed by atoms with Crippen LogP contribution in [0.25, 0.3) is 0 Å².